The van der Waals surface area contributed by atoms with Gasteiger partial charge in [-0.05, 0) is 26.0 Å². The van der Waals surface area contributed by atoms with Crippen molar-refractivity contribution >= 4 is 11.3 Å². The van der Waals surface area contributed by atoms with Crippen molar-refractivity contribution in [2.24, 2.45) is 0 Å². The number of thiazole rings is 1. The highest BCUT2D eigenvalue weighted by Gasteiger charge is 2.29. The number of nitrogens with one attached hydrogen (secondary N) is 1. The maximum absolute atomic E-state index is 5.11. The molecule has 1 aliphatic rings. The van der Waals surface area contributed by atoms with Gasteiger partial charge in [-0.3, -0.25) is 0 Å². The average molecular weight is 234 g/mol. The lowest BCUT2D eigenvalue weighted by Crippen LogP contribution is -2.05. The minimum atomic E-state index is 0.709. The van der Waals surface area contributed by atoms with Crippen molar-refractivity contribution in [1.29, 1.82) is 0 Å². The van der Waals surface area contributed by atoms with Crippen molar-refractivity contribution in [3.05, 3.63) is 29.2 Å². The van der Waals surface area contributed by atoms with Crippen LogP contribution < -0.4 is 5.32 Å². The summed E-state index contributed by atoms with van der Waals surface area (Å²) in [5, 5.41) is 4.30. The number of hydrogen-bond acceptors (Lipinski definition) is 4. The molecule has 0 aromatic carbocycles. The first-order valence-corrected chi connectivity index (χ1v) is 6.37. The quantitative estimate of drug-likeness (QED) is 0.883. The Balaban J connectivity index is 1.97. The van der Waals surface area contributed by atoms with E-state index in [1.165, 1.54) is 23.4 Å². The average Bonchev–Trinajstić information content (AvgIpc) is 2.82. The van der Waals surface area contributed by atoms with Crippen LogP contribution >= 0.6 is 11.3 Å². The third-order valence-electron chi connectivity index (χ3n) is 2.80. The van der Waals surface area contributed by atoms with Crippen LogP contribution in [0.2, 0.25) is 0 Å². The minimum absolute atomic E-state index is 0.709. The van der Waals surface area contributed by atoms with Crippen molar-refractivity contribution in [3.63, 3.8) is 0 Å². The topological polar surface area (TPSA) is 38.1 Å². The zero-order chi connectivity index (χ0) is 11.0. The molecule has 1 N–H and O–H groups in total. The van der Waals surface area contributed by atoms with Crippen LogP contribution in [0.3, 0.4) is 0 Å². The molecule has 3 nitrogen and oxygen atoms in total. The molecule has 0 saturated heterocycles. The van der Waals surface area contributed by atoms with Gasteiger partial charge in [0.15, 0.2) is 0 Å². The highest BCUT2D eigenvalue weighted by Crippen LogP contribution is 2.44. The molecular formula is C12H14N2OS. The number of nitrogens with zero attached hydrogens (tertiary/aromatic N) is 1. The molecule has 4 heteroatoms. The van der Waals surface area contributed by atoms with Crippen LogP contribution in [-0.2, 0) is 6.54 Å². The standard InChI is InChI=1S/C12H14N2OS/c1-13-6-10-11(8-2-3-8)14-12(16-10)9-4-5-15-7-9/h4-5,7-8,13H,2-3,6H2,1H3. The maximum atomic E-state index is 5.11. The molecule has 0 unspecified atom stereocenters. The zero-order valence-corrected chi connectivity index (χ0v) is 10.0. The lowest BCUT2D eigenvalue weighted by atomic mass is 10.2. The van der Waals surface area contributed by atoms with Crippen molar-refractivity contribution in [2.45, 2.75) is 25.3 Å². The number of aromatic nitrogens is 1. The van der Waals surface area contributed by atoms with E-state index in [4.69, 9.17) is 9.40 Å². The van der Waals surface area contributed by atoms with Gasteiger partial charge in [0.1, 0.15) is 11.3 Å². The van der Waals surface area contributed by atoms with Crippen molar-refractivity contribution in [2.75, 3.05) is 7.05 Å². The molecule has 0 bridgehead atoms. The molecule has 1 fully saturated rings. The molecule has 2 heterocycles. The van der Waals surface area contributed by atoms with Crippen LogP contribution in [0.25, 0.3) is 10.6 Å². The molecular weight excluding hydrogens is 220 g/mol. The second kappa shape index (κ2) is 4.03. The summed E-state index contributed by atoms with van der Waals surface area (Å²) in [7, 11) is 1.98. The first-order chi connectivity index (χ1) is 7.88. The van der Waals surface area contributed by atoms with E-state index in [0.717, 1.165) is 17.1 Å². The van der Waals surface area contributed by atoms with Gasteiger partial charge in [0.05, 0.1) is 12.0 Å². The second-order valence-electron chi connectivity index (χ2n) is 4.14. The third kappa shape index (κ3) is 1.79. The van der Waals surface area contributed by atoms with E-state index < -0.39 is 0 Å². The molecule has 3 rings (SSSR count). The van der Waals surface area contributed by atoms with Gasteiger partial charge in [-0.2, -0.15) is 0 Å². The smallest absolute Gasteiger partial charge is 0.127 e. The van der Waals surface area contributed by atoms with E-state index in [9.17, 15) is 0 Å². The van der Waals surface area contributed by atoms with Crippen LogP contribution in [0, 0.1) is 0 Å². The van der Waals surface area contributed by atoms with Gasteiger partial charge < -0.3 is 9.73 Å². The fraction of sp³-hybridized carbons (Fsp3) is 0.417. The number of hydrogen-bond donors (Lipinski definition) is 1. The van der Waals surface area contributed by atoms with E-state index in [2.05, 4.69) is 5.32 Å². The summed E-state index contributed by atoms with van der Waals surface area (Å²) >= 11 is 1.78. The molecule has 0 spiro atoms. The normalized spacial score (nSPS) is 15.6. The zero-order valence-electron chi connectivity index (χ0n) is 9.19. The number of rotatable bonds is 4. The molecule has 16 heavy (non-hydrogen) atoms. The van der Waals surface area contributed by atoms with E-state index in [0.29, 0.717) is 5.92 Å². The van der Waals surface area contributed by atoms with Gasteiger partial charge in [-0.15, -0.1) is 11.3 Å². The van der Waals surface area contributed by atoms with Gasteiger partial charge in [-0.25, -0.2) is 4.98 Å². The molecule has 0 atom stereocenters. The third-order valence-corrected chi connectivity index (χ3v) is 3.92. The first-order valence-electron chi connectivity index (χ1n) is 5.55. The van der Waals surface area contributed by atoms with E-state index in [1.54, 1.807) is 23.9 Å². The Hall–Kier alpha value is -1.13. The number of furan rings is 1. The van der Waals surface area contributed by atoms with Gasteiger partial charge in [0.2, 0.25) is 0 Å². The fourth-order valence-electron chi connectivity index (χ4n) is 1.84. The first kappa shape index (κ1) is 10.1. The van der Waals surface area contributed by atoms with E-state index >= 15 is 0 Å². The largest absolute Gasteiger partial charge is 0.472 e. The van der Waals surface area contributed by atoms with Gasteiger partial charge >= 0.3 is 0 Å². The Morgan fingerprint density at radius 2 is 2.44 bits per heavy atom. The molecule has 0 aliphatic heterocycles. The highest BCUT2D eigenvalue weighted by molar-refractivity contribution is 7.15. The maximum Gasteiger partial charge on any atom is 0.127 e. The minimum Gasteiger partial charge on any atom is -0.472 e. The summed E-state index contributed by atoms with van der Waals surface area (Å²) < 4.78 is 5.11. The highest BCUT2D eigenvalue weighted by atomic mass is 32.1. The predicted molar refractivity (Wildman–Crippen MR) is 64.6 cm³/mol. The Kier molecular flexibility index (Phi) is 2.53. The van der Waals surface area contributed by atoms with Crippen LogP contribution in [0.1, 0.15) is 29.3 Å². The summed E-state index contributed by atoms with van der Waals surface area (Å²) in [5.41, 5.74) is 2.39. The summed E-state index contributed by atoms with van der Waals surface area (Å²) in [4.78, 5) is 6.13. The molecule has 1 aliphatic carbocycles. The van der Waals surface area contributed by atoms with Crippen LogP contribution in [0.5, 0.6) is 0 Å². The van der Waals surface area contributed by atoms with Gasteiger partial charge in [0, 0.05) is 22.9 Å². The Labute approximate surface area is 98.5 Å². The molecule has 1 saturated carbocycles. The van der Waals surface area contributed by atoms with Crippen LogP contribution in [0.15, 0.2) is 23.0 Å². The van der Waals surface area contributed by atoms with Gasteiger partial charge in [0.25, 0.3) is 0 Å². The van der Waals surface area contributed by atoms with Crippen molar-refractivity contribution in [1.82, 2.24) is 10.3 Å². The Morgan fingerprint density at radius 1 is 1.56 bits per heavy atom. The monoisotopic (exact) mass is 234 g/mol. The predicted octanol–water partition coefficient (Wildman–Crippen LogP) is 3.00. The van der Waals surface area contributed by atoms with Crippen LogP contribution in [-0.4, -0.2) is 12.0 Å². The molecule has 0 amide bonds. The molecule has 84 valence electrons. The fourth-order valence-corrected chi connectivity index (χ4v) is 2.98. The summed E-state index contributed by atoms with van der Waals surface area (Å²) in [6.45, 7) is 0.918. The van der Waals surface area contributed by atoms with Gasteiger partial charge in [-0.1, -0.05) is 0 Å². The molecule has 2 aromatic heterocycles. The molecule has 0 radical (unpaired) electrons. The van der Waals surface area contributed by atoms with Crippen molar-refractivity contribution < 1.29 is 4.42 Å². The molecule has 2 aromatic rings. The summed E-state index contributed by atoms with van der Waals surface area (Å²) in [5.74, 6) is 0.709. The lowest BCUT2D eigenvalue weighted by Gasteiger charge is -1.97. The Morgan fingerprint density at radius 3 is 3.06 bits per heavy atom. The van der Waals surface area contributed by atoms with E-state index in [1.807, 2.05) is 13.1 Å². The van der Waals surface area contributed by atoms with E-state index in [-0.39, 0.29) is 0 Å². The van der Waals surface area contributed by atoms with Crippen LogP contribution in [0.4, 0.5) is 0 Å². The SMILES string of the molecule is CNCc1sc(-c2ccoc2)nc1C1CC1. The second-order valence-corrected chi connectivity index (χ2v) is 5.23. The lowest BCUT2D eigenvalue weighted by molar-refractivity contribution is 0.568. The summed E-state index contributed by atoms with van der Waals surface area (Å²) in [6, 6.07) is 1.97. The Bertz CT molecular complexity index is 471. The summed E-state index contributed by atoms with van der Waals surface area (Å²) in [6.07, 6.45) is 6.06. The van der Waals surface area contributed by atoms with Crippen molar-refractivity contribution in [3.8, 4) is 10.6 Å².